The van der Waals surface area contributed by atoms with Crippen LogP contribution >= 0.6 is 0 Å². The zero-order chi connectivity index (χ0) is 15.9. The van der Waals surface area contributed by atoms with Crippen molar-refractivity contribution < 1.29 is 13.9 Å². The highest BCUT2D eigenvalue weighted by Crippen LogP contribution is 2.27. The summed E-state index contributed by atoms with van der Waals surface area (Å²) in [5.41, 5.74) is 7.68. The Morgan fingerprint density at radius 1 is 1.23 bits per heavy atom. The second-order valence-electron chi connectivity index (χ2n) is 4.60. The van der Waals surface area contributed by atoms with Crippen LogP contribution in [0.5, 0.6) is 0 Å². The summed E-state index contributed by atoms with van der Waals surface area (Å²) in [6, 6.07) is 12.3. The van der Waals surface area contributed by atoms with Crippen molar-refractivity contribution >= 4 is 23.2 Å². The smallest absolute Gasteiger partial charge is 0.411 e. The molecule has 0 radical (unpaired) electrons. The van der Waals surface area contributed by atoms with Crippen LogP contribution in [0, 0.1) is 5.82 Å². The van der Waals surface area contributed by atoms with Crippen LogP contribution in [0.25, 0.3) is 0 Å². The zero-order valence-corrected chi connectivity index (χ0v) is 12.2. The molecule has 2 aromatic carbocycles. The van der Waals surface area contributed by atoms with Gasteiger partial charge in [-0.05, 0) is 18.6 Å². The average Bonchev–Trinajstić information content (AvgIpc) is 2.50. The number of anilines is 3. The molecule has 0 aliphatic heterocycles. The largest absolute Gasteiger partial charge is 0.450 e. The maximum absolute atomic E-state index is 13.8. The number of halogens is 1. The lowest BCUT2D eigenvalue weighted by atomic mass is 10.2. The fraction of sp³-hybridized carbons (Fsp3) is 0.188. The van der Waals surface area contributed by atoms with Crippen LogP contribution in [0.15, 0.2) is 42.5 Å². The average molecular weight is 303 g/mol. The Kier molecular flexibility index (Phi) is 5.19. The summed E-state index contributed by atoms with van der Waals surface area (Å²) in [5, 5.41) is 5.46. The van der Waals surface area contributed by atoms with Crippen molar-refractivity contribution in [1.82, 2.24) is 0 Å². The van der Waals surface area contributed by atoms with E-state index >= 15 is 0 Å². The van der Waals surface area contributed by atoms with Gasteiger partial charge in [-0.15, -0.1) is 0 Å². The molecule has 1 amide bonds. The maximum atomic E-state index is 13.8. The fourth-order valence-corrected chi connectivity index (χ4v) is 1.91. The highest BCUT2D eigenvalue weighted by atomic mass is 19.1. The Morgan fingerprint density at radius 2 is 1.95 bits per heavy atom. The first-order chi connectivity index (χ1) is 10.6. The summed E-state index contributed by atoms with van der Waals surface area (Å²) >= 11 is 0. The Bertz CT molecular complexity index is 647. The molecule has 0 atom stereocenters. The first kappa shape index (κ1) is 15.6. The van der Waals surface area contributed by atoms with E-state index < -0.39 is 11.9 Å². The monoisotopic (exact) mass is 303 g/mol. The normalized spacial score (nSPS) is 10.1. The second kappa shape index (κ2) is 7.31. The van der Waals surface area contributed by atoms with Gasteiger partial charge in [-0.25, -0.2) is 9.18 Å². The predicted octanol–water partition coefficient (Wildman–Crippen LogP) is 3.59. The molecular formula is C16H18FN3O2. The van der Waals surface area contributed by atoms with Gasteiger partial charge in [-0.3, -0.25) is 5.32 Å². The number of benzene rings is 2. The van der Waals surface area contributed by atoms with E-state index in [0.717, 1.165) is 11.6 Å². The van der Waals surface area contributed by atoms with Crippen LogP contribution in [0.2, 0.25) is 0 Å². The second-order valence-corrected chi connectivity index (χ2v) is 4.60. The van der Waals surface area contributed by atoms with Crippen LogP contribution in [0.1, 0.15) is 12.5 Å². The molecule has 0 spiro atoms. The van der Waals surface area contributed by atoms with Gasteiger partial charge in [0, 0.05) is 12.6 Å². The predicted molar refractivity (Wildman–Crippen MR) is 85.2 cm³/mol. The van der Waals surface area contributed by atoms with E-state index in [9.17, 15) is 9.18 Å². The van der Waals surface area contributed by atoms with E-state index in [1.54, 1.807) is 6.92 Å². The van der Waals surface area contributed by atoms with Crippen LogP contribution in [0.4, 0.5) is 26.2 Å². The minimum atomic E-state index is -0.708. The van der Waals surface area contributed by atoms with Gasteiger partial charge in [-0.1, -0.05) is 30.3 Å². The van der Waals surface area contributed by atoms with Gasteiger partial charge >= 0.3 is 6.09 Å². The molecule has 2 aromatic rings. The van der Waals surface area contributed by atoms with Crippen molar-refractivity contribution in [1.29, 1.82) is 0 Å². The van der Waals surface area contributed by atoms with Crippen molar-refractivity contribution in [2.24, 2.45) is 0 Å². The first-order valence-corrected chi connectivity index (χ1v) is 6.90. The third kappa shape index (κ3) is 4.12. The number of ether oxygens (including phenoxy) is 1. The lowest BCUT2D eigenvalue weighted by Gasteiger charge is -2.13. The first-order valence-electron chi connectivity index (χ1n) is 6.90. The van der Waals surface area contributed by atoms with Gasteiger partial charge in [0.05, 0.1) is 23.7 Å². The molecule has 116 valence electrons. The van der Waals surface area contributed by atoms with Crippen LogP contribution < -0.4 is 16.4 Å². The van der Waals surface area contributed by atoms with E-state index in [1.165, 1.54) is 6.07 Å². The highest BCUT2D eigenvalue weighted by Gasteiger charge is 2.11. The van der Waals surface area contributed by atoms with Gasteiger partial charge in [0.1, 0.15) is 5.82 Å². The molecule has 0 unspecified atom stereocenters. The number of hydrogen-bond donors (Lipinski definition) is 3. The number of carbonyl (C=O) groups is 1. The molecule has 0 aliphatic rings. The summed E-state index contributed by atoms with van der Waals surface area (Å²) in [6.07, 6.45) is -0.708. The summed E-state index contributed by atoms with van der Waals surface area (Å²) in [4.78, 5) is 11.4. The minimum absolute atomic E-state index is 0.0169. The summed E-state index contributed by atoms with van der Waals surface area (Å²) in [6.45, 7) is 2.42. The standard InChI is InChI=1S/C16H18FN3O2/c1-2-22-16(21)20-14-9-15(13(18)8-12(14)17)19-10-11-6-4-3-5-7-11/h3-9,19H,2,10,18H2,1H3,(H,20,21). The van der Waals surface area contributed by atoms with Crippen molar-refractivity contribution in [2.45, 2.75) is 13.5 Å². The molecule has 0 saturated carbocycles. The molecule has 4 N–H and O–H groups in total. The van der Waals surface area contributed by atoms with Crippen LogP contribution in [-0.2, 0) is 11.3 Å². The van der Waals surface area contributed by atoms with Gasteiger partial charge < -0.3 is 15.8 Å². The van der Waals surface area contributed by atoms with E-state index in [1.807, 2.05) is 30.3 Å². The summed E-state index contributed by atoms with van der Waals surface area (Å²) in [7, 11) is 0. The number of carbonyl (C=O) groups excluding carboxylic acids is 1. The van der Waals surface area contributed by atoms with E-state index in [2.05, 4.69) is 10.6 Å². The lowest BCUT2D eigenvalue weighted by Crippen LogP contribution is -2.15. The van der Waals surface area contributed by atoms with Gasteiger partial charge in [0.2, 0.25) is 0 Å². The van der Waals surface area contributed by atoms with Crippen molar-refractivity contribution in [3.63, 3.8) is 0 Å². The number of hydrogen-bond acceptors (Lipinski definition) is 4. The third-order valence-corrected chi connectivity index (χ3v) is 2.98. The number of amides is 1. The molecule has 0 aromatic heterocycles. The van der Waals surface area contributed by atoms with Crippen molar-refractivity contribution in [2.75, 3.05) is 23.0 Å². The topological polar surface area (TPSA) is 76.4 Å². The Morgan fingerprint density at radius 3 is 2.64 bits per heavy atom. The summed E-state index contributed by atoms with van der Waals surface area (Å²) in [5.74, 6) is -0.615. The molecule has 0 aliphatic carbocycles. The molecule has 0 fully saturated rings. The van der Waals surface area contributed by atoms with E-state index in [-0.39, 0.29) is 18.0 Å². The van der Waals surface area contributed by atoms with Gasteiger partial charge in [-0.2, -0.15) is 0 Å². The lowest BCUT2D eigenvalue weighted by molar-refractivity contribution is 0.168. The fourth-order valence-electron chi connectivity index (χ4n) is 1.91. The SMILES string of the molecule is CCOC(=O)Nc1cc(NCc2ccccc2)c(N)cc1F. The highest BCUT2D eigenvalue weighted by molar-refractivity contribution is 5.87. The van der Waals surface area contributed by atoms with Gasteiger partial charge in [0.15, 0.2) is 0 Å². The Balaban J connectivity index is 2.12. The number of nitrogen functional groups attached to an aromatic ring is 1. The molecule has 22 heavy (non-hydrogen) atoms. The number of rotatable bonds is 5. The minimum Gasteiger partial charge on any atom is -0.450 e. The van der Waals surface area contributed by atoms with Gasteiger partial charge in [0.25, 0.3) is 0 Å². The number of nitrogens with one attached hydrogen (secondary N) is 2. The van der Waals surface area contributed by atoms with E-state index in [0.29, 0.717) is 12.2 Å². The molecular weight excluding hydrogens is 285 g/mol. The molecule has 0 heterocycles. The van der Waals surface area contributed by atoms with Crippen molar-refractivity contribution in [3.8, 4) is 0 Å². The van der Waals surface area contributed by atoms with E-state index in [4.69, 9.17) is 10.5 Å². The number of nitrogens with two attached hydrogens (primary N) is 1. The summed E-state index contributed by atoms with van der Waals surface area (Å²) < 4.78 is 18.5. The van der Waals surface area contributed by atoms with Crippen LogP contribution in [0.3, 0.4) is 0 Å². The van der Waals surface area contributed by atoms with Crippen LogP contribution in [-0.4, -0.2) is 12.7 Å². The quantitative estimate of drug-likeness (QED) is 0.738. The Labute approximate surface area is 128 Å². The van der Waals surface area contributed by atoms with Crippen molar-refractivity contribution in [3.05, 3.63) is 53.8 Å². The molecule has 5 nitrogen and oxygen atoms in total. The third-order valence-electron chi connectivity index (χ3n) is 2.98. The Hall–Kier alpha value is -2.76. The molecule has 0 saturated heterocycles. The molecule has 2 rings (SSSR count). The molecule has 6 heteroatoms. The molecule has 0 bridgehead atoms. The zero-order valence-electron chi connectivity index (χ0n) is 12.2. The maximum Gasteiger partial charge on any atom is 0.411 e.